The molecule has 0 aliphatic rings. The zero-order valence-corrected chi connectivity index (χ0v) is 10.5. The molecule has 1 N–H and O–H groups in total. The molecule has 0 rings (SSSR count). The second-order valence-electron chi connectivity index (χ2n) is 2.60. The van der Waals surface area contributed by atoms with Gasteiger partial charge in [0.15, 0.2) is 0 Å². The van der Waals surface area contributed by atoms with Crippen LogP contribution in [0.5, 0.6) is 0 Å². The van der Waals surface area contributed by atoms with Gasteiger partial charge in [0.2, 0.25) is 0 Å². The van der Waals surface area contributed by atoms with E-state index in [2.05, 4.69) is 13.8 Å². The summed E-state index contributed by atoms with van der Waals surface area (Å²) in [6.07, 6.45) is 4.83. The summed E-state index contributed by atoms with van der Waals surface area (Å²) in [5.41, 5.74) is 0. The summed E-state index contributed by atoms with van der Waals surface area (Å²) in [7, 11) is 0. The van der Waals surface area contributed by atoms with Crippen molar-refractivity contribution >= 4 is 0 Å². The van der Waals surface area contributed by atoms with Gasteiger partial charge in [0, 0.05) is 44.5 Å². The third-order valence-electron chi connectivity index (χ3n) is 1.80. The zero-order chi connectivity index (χ0) is 7.11. The third-order valence-corrected chi connectivity index (χ3v) is 1.80. The third kappa shape index (κ3) is 11.2. The average Bonchev–Trinajstić information content (AvgIpc) is 1.91. The van der Waals surface area contributed by atoms with Crippen LogP contribution in [0, 0.1) is 5.92 Å². The molecule has 1 radical (unpaired) electrons. The predicted molar refractivity (Wildman–Crippen MR) is 40.4 cm³/mol. The van der Waals surface area contributed by atoms with Gasteiger partial charge < -0.3 is 5.11 Å². The molecule has 1 atom stereocenters. The summed E-state index contributed by atoms with van der Waals surface area (Å²) in [5.74, 6) is 0.560. The van der Waals surface area contributed by atoms with Gasteiger partial charge in [-0.3, -0.25) is 0 Å². The van der Waals surface area contributed by atoms with E-state index in [1.807, 2.05) is 0 Å². The fraction of sp³-hybridized carbons (Fsp3) is 1.00. The molecule has 0 saturated carbocycles. The van der Waals surface area contributed by atoms with Crippen LogP contribution in [0.15, 0.2) is 0 Å². The molecule has 0 heterocycles. The van der Waals surface area contributed by atoms with E-state index in [1.165, 1.54) is 19.3 Å². The maximum Gasteiger partial charge on any atom is 0.0459 e. The first-order valence-corrected chi connectivity index (χ1v) is 3.96. The number of rotatable bonds is 5. The first-order valence-electron chi connectivity index (χ1n) is 3.96. The molecule has 0 aromatic heterocycles. The molecular formula is C8H18CoOPt. The van der Waals surface area contributed by atoms with Crippen LogP contribution in [-0.4, -0.2) is 11.7 Å². The van der Waals surface area contributed by atoms with Crippen LogP contribution in [0.4, 0.5) is 0 Å². The molecule has 11 heavy (non-hydrogen) atoms. The van der Waals surface area contributed by atoms with Crippen LogP contribution < -0.4 is 0 Å². The Morgan fingerprint density at radius 2 is 1.82 bits per heavy atom. The molecule has 1 unspecified atom stereocenters. The Kier molecular flexibility index (Phi) is 22.5. The van der Waals surface area contributed by atoms with Crippen LogP contribution in [0.25, 0.3) is 0 Å². The molecule has 0 saturated heterocycles. The van der Waals surface area contributed by atoms with Gasteiger partial charge in [0.05, 0.1) is 0 Å². The van der Waals surface area contributed by atoms with Crippen molar-refractivity contribution in [1.29, 1.82) is 0 Å². The monoisotopic (exact) mass is 384 g/mol. The molecule has 0 aromatic carbocycles. The molecule has 0 aromatic rings. The van der Waals surface area contributed by atoms with Crippen molar-refractivity contribution in [2.24, 2.45) is 5.92 Å². The van der Waals surface area contributed by atoms with Gasteiger partial charge in [0.1, 0.15) is 0 Å². The Morgan fingerprint density at radius 1 is 1.27 bits per heavy atom. The van der Waals surface area contributed by atoms with E-state index in [-0.39, 0.29) is 37.8 Å². The maximum absolute atomic E-state index is 8.75. The Hall–Kier alpha value is 1.15. The van der Waals surface area contributed by atoms with Crippen molar-refractivity contribution in [2.45, 2.75) is 39.5 Å². The Labute approximate surface area is 94.8 Å². The minimum Gasteiger partial charge on any atom is -0.396 e. The first kappa shape index (κ1) is 18.0. The predicted octanol–water partition coefficient (Wildman–Crippen LogP) is 2.19. The van der Waals surface area contributed by atoms with Crippen molar-refractivity contribution in [3.05, 3.63) is 0 Å². The Morgan fingerprint density at radius 3 is 2.09 bits per heavy atom. The second-order valence-corrected chi connectivity index (χ2v) is 2.60. The molecule has 0 spiro atoms. The second kappa shape index (κ2) is 13.7. The molecule has 0 bridgehead atoms. The quantitative estimate of drug-likeness (QED) is 0.771. The standard InChI is InChI=1S/C8H18O.Co.Pt/c1-3-5-6-8(4-2)7-9;;/h8-9H,3-7H2,1-2H3;;. The van der Waals surface area contributed by atoms with Gasteiger partial charge in [-0.15, -0.1) is 0 Å². The van der Waals surface area contributed by atoms with Crippen LogP contribution in [0.3, 0.4) is 0 Å². The van der Waals surface area contributed by atoms with Gasteiger partial charge in [-0.2, -0.15) is 0 Å². The van der Waals surface area contributed by atoms with Crippen LogP contribution >= 0.6 is 0 Å². The molecular weight excluding hydrogens is 366 g/mol. The topological polar surface area (TPSA) is 20.2 Å². The minimum absolute atomic E-state index is 0. The van der Waals surface area contributed by atoms with Crippen LogP contribution in [-0.2, 0) is 37.8 Å². The summed E-state index contributed by atoms with van der Waals surface area (Å²) < 4.78 is 0. The molecule has 0 amide bonds. The van der Waals surface area contributed by atoms with E-state index in [0.717, 1.165) is 6.42 Å². The van der Waals surface area contributed by atoms with Crippen molar-refractivity contribution in [1.82, 2.24) is 0 Å². The summed E-state index contributed by atoms with van der Waals surface area (Å²) in [5, 5.41) is 8.75. The van der Waals surface area contributed by atoms with E-state index in [9.17, 15) is 0 Å². The minimum atomic E-state index is 0. The summed E-state index contributed by atoms with van der Waals surface area (Å²) in [6, 6.07) is 0. The van der Waals surface area contributed by atoms with E-state index >= 15 is 0 Å². The first-order chi connectivity index (χ1) is 4.35. The smallest absolute Gasteiger partial charge is 0.0459 e. The molecule has 0 fully saturated rings. The number of unbranched alkanes of at least 4 members (excludes halogenated alkanes) is 1. The van der Waals surface area contributed by atoms with Crippen molar-refractivity contribution < 1.29 is 43.0 Å². The van der Waals surface area contributed by atoms with E-state index < -0.39 is 0 Å². The molecule has 0 aliphatic carbocycles. The summed E-state index contributed by atoms with van der Waals surface area (Å²) in [6.45, 7) is 4.69. The summed E-state index contributed by atoms with van der Waals surface area (Å²) in [4.78, 5) is 0. The molecule has 1 nitrogen and oxygen atoms in total. The summed E-state index contributed by atoms with van der Waals surface area (Å²) >= 11 is 0. The number of aliphatic hydroxyl groups is 1. The van der Waals surface area contributed by atoms with Crippen LogP contribution in [0.2, 0.25) is 0 Å². The van der Waals surface area contributed by atoms with Gasteiger partial charge in [-0.1, -0.05) is 33.1 Å². The van der Waals surface area contributed by atoms with Gasteiger partial charge >= 0.3 is 0 Å². The van der Waals surface area contributed by atoms with Crippen LogP contribution in [0.1, 0.15) is 39.5 Å². The fourth-order valence-electron chi connectivity index (χ4n) is 0.917. The van der Waals surface area contributed by atoms with E-state index in [0.29, 0.717) is 12.5 Å². The van der Waals surface area contributed by atoms with Gasteiger partial charge in [0.25, 0.3) is 0 Å². The molecule has 3 heteroatoms. The van der Waals surface area contributed by atoms with Gasteiger partial charge in [-0.05, 0) is 12.3 Å². The number of hydrogen-bond donors (Lipinski definition) is 1. The fourth-order valence-corrected chi connectivity index (χ4v) is 0.917. The largest absolute Gasteiger partial charge is 0.396 e. The maximum atomic E-state index is 8.75. The van der Waals surface area contributed by atoms with Crippen molar-refractivity contribution in [2.75, 3.05) is 6.61 Å². The number of hydrogen-bond acceptors (Lipinski definition) is 1. The normalized spacial score (nSPS) is 11.2. The van der Waals surface area contributed by atoms with E-state index in [4.69, 9.17) is 5.11 Å². The molecule has 0 aliphatic heterocycles. The SMILES string of the molecule is CCCCC(CC)CO.[Co].[Pt]. The average molecular weight is 384 g/mol. The Balaban J connectivity index is -0.000000320. The van der Waals surface area contributed by atoms with Crippen molar-refractivity contribution in [3.63, 3.8) is 0 Å². The zero-order valence-electron chi connectivity index (χ0n) is 7.21. The van der Waals surface area contributed by atoms with E-state index in [1.54, 1.807) is 0 Å². The van der Waals surface area contributed by atoms with Gasteiger partial charge in [-0.25, -0.2) is 0 Å². The number of aliphatic hydroxyl groups excluding tert-OH is 1. The Bertz CT molecular complexity index is 58.1. The van der Waals surface area contributed by atoms with Crippen molar-refractivity contribution in [3.8, 4) is 0 Å². The molecule has 75 valence electrons.